The predicted octanol–water partition coefficient (Wildman–Crippen LogP) is 1.51. The Morgan fingerprint density at radius 1 is 1.06 bits per heavy atom. The summed E-state index contributed by atoms with van der Waals surface area (Å²) >= 11 is 0. The van der Waals surface area contributed by atoms with E-state index in [0.717, 1.165) is 64.9 Å². The lowest BCUT2D eigenvalue weighted by molar-refractivity contribution is 0.0463. The molecule has 1 N–H and O–H groups in total. The largest absolute Gasteiger partial charge is 0.447 e. The molecule has 1 aliphatic carbocycles. The molecule has 0 aromatic carbocycles. The molecule has 4 rings (SSSR count). The predicted molar refractivity (Wildman–Crippen MR) is 119 cm³/mol. The standard InChI is InChI=1S/C23H39N5O3/c1-18(2)21(29)15-25-7-9-26(10-8-25)16-22-24-20(17-31-22)23(30)28-13-11-27(12-14-28)19-5-3-4-6-19/h17-19,21,29H,3-16H2,1-2H3/t21-/m1/s1. The number of aliphatic hydroxyl groups is 1. The Kier molecular flexibility index (Phi) is 7.63. The number of carbonyl (C=O) groups excluding carboxylic acids is 1. The van der Waals surface area contributed by atoms with E-state index in [2.05, 4.69) is 33.5 Å². The number of hydrogen-bond acceptors (Lipinski definition) is 7. The Hall–Kier alpha value is -1.48. The minimum Gasteiger partial charge on any atom is -0.447 e. The van der Waals surface area contributed by atoms with Crippen molar-refractivity contribution >= 4 is 5.91 Å². The van der Waals surface area contributed by atoms with Gasteiger partial charge in [-0.15, -0.1) is 0 Å². The SMILES string of the molecule is CC(C)[C@H](O)CN1CCN(Cc2nc(C(=O)N3CCN(C4CCCC4)CC3)co2)CC1. The molecule has 1 aromatic heterocycles. The van der Waals surface area contributed by atoms with Crippen molar-refractivity contribution in [2.24, 2.45) is 5.92 Å². The van der Waals surface area contributed by atoms with Crippen molar-refractivity contribution in [1.82, 2.24) is 24.6 Å². The molecular weight excluding hydrogens is 394 g/mol. The van der Waals surface area contributed by atoms with Crippen LogP contribution in [0.1, 0.15) is 55.9 Å². The molecular formula is C23H39N5O3. The summed E-state index contributed by atoms with van der Waals surface area (Å²) in [4.78, 5) is 26.5. The minimum absolute atomic E-state index is 0.00596. The fraction of sp³-hybridized carbons (Fsp3) is 0.826. The second-order valence-electron chi connectivity index (χ2n) is 9.78. The lowest BCUT2D eigenvalue weighted by atomic mass is 10.1. The monoisotopic (exact) mass is 433 g/mol. The van der Waals surface area contributed by atoms with Crippen LogP contribution in [0.4, 0.5) is 0 Å². The summed E-state index contributed by atoms with van der Waals surface area (Å²) in [7, 11) is 0. The van der Waals surface area contributed by atoms with E-state index in [1.54, 1.807) is 0 Å². The maximum atomic E-state index is 12.9. The second kappa shape index (κ2) is 10.4. The molecule has 0 radical (unpaired) electrons. The number of aromatic nitrogens is 1. The summed E-state index contributed by atoms with van der Waals surface area (Å²) in [6.07, 6.45) is 6.57. The van der Waals surface area contributed by atoms with Crippen LogP contribution in [0.3, 0.4) is 0 Å². The van der Waals surface area contributed by atoms with Gasteiger partial charge in [0, 0.05) is 64.9 Å². The van der Waals surface area contributed by atoms with Crippen molar-refractivity contribution in [3.8, 4) is 0 Å². The molecule has 8 heteroatoms. The Balaban J connectivity index is 1.21. The summed E-state index contributed by atoms with van der Waals surface area (Å²) < 4.78 is 5.64. The normalized spacial score (nSPS) is 23.7. The number of amides is 1. The number of oxazole rings is 1. The zero-order chi connectivity index (χ0) is 21.8. The van der Waals surface area contributed by atoms with Gasteiger partial charge in [-0.2, -0.15) is 0 Å². The van der Waals surface area contributed by atoms with Gasteiger partial charge in [-0.05, 0) is 18.8 Å². The number of rotatable bonds is 7. The molecule has 1 aromatic rings. The Morgan fingerprint density at radius 3 is 2.35 bits per heavy atom. The van der Waals surface area contributed by atoms with Crippen molar-refractivity contribution in [3.05, 3.63) is 17.8 Å². The van der Waals surface area contributed by atoms with Crippen molar-refractivity contribution in [1.29, 1.82) is 0 Å². The van der Waals surface area contributed by atoms with Gasteiger partial charge in [-0.25, -0.2) is 4.98 Å². The van der Waals surface area contributed by atoms with Gasteiger partial charge in [0.15, 0.2) is 5.69 Å². The number of aliphatic hydroxyl groups excluding tert-OH is 1. The quantitative estimate of drug-likeness (QED) is 0.698. The number of piperazine rings is 2. The van der Waals surface area contributed by atoms with Gasteiger partial charge in [0.05, 0.1) is 12.6 Å². The third-order valence-electron chi connectivity index (χ3n) is 7.25. The average Bonchev–Trinajstić information content (AvgIpc) is 3.47. The van der Waals surface area contributed by atoms with E-state index in [0.29, 0.717) is 18.1 Å². The molecule has 3 fully saturated rings. The van der Waals surface area contributed by atoms with Crippen LogP contribution in [-0.2, 0) is 6.54 Å². The summed E-state index contributed by atoms with van der Waals surface area (Å²) in [6.45, 7) is 12.7. The number of carbonyl (C=O) groups is 1. The average molecular weight is 434 g/mol. The molecule has 31 heavy (non-hydrogen) atoms. The third kappa shape index (κ3) is 5.86. The van der Waals surface area contributed by atoms with Gasteiger partial charge in [0.1, 0.15) is 6.26 Å². The zero-order valence-corrected chi connectivity index (χ0v) is 19.2. The van der Waals surface area contributed by atoms with Crippen LogP contribution in [0.25, 0.3) is 0 Å². The van der Waals surface area contributed by atoms with E-state index in [1.807, 2.05) is 4.90 Å². The van der Waals surface area contributed by atoms with Crippen LogP contribution < -0.4 is 0 Å². The van der Waals surface area contributed by atoms with Crippen LogP contribution in [0.15, 0.2) is 10.7 Å². The Labute approximate surface area is 186 Å². The molecule has 1 saturated carbocycles. The fourth-order valence-electron chi connectivity index (χ4n) is 5.00. The van der Waals surface area contributed by atoms with E-state index in [1.165, 1.54) is 31.9 Å². The molecule has 174 valence electrons. The van der Waals surface area contributed by atoms with Crippen molar-refractivity contribution in [2.45, 2.75) is 58.2 Å². The minimum atomic E-state index is -0.271. The van der Waals surface area contributed by atoms with Gasteiger partial charge in [0.2, 0.25) is 5.89 Å². The van der Waals surface area contributed by atoms with Crippen molar-refractivity contribution < 1.29 is 14.3 Å². The van der Waals surface area contributed by atoms with Crippen LogP contribution in [0, 0.1) is 5.92 Å². The van der Waals surface area contributed by atoms with Crippen molar-refractivity contribution in [3.63, 3.8) is 0 Å². The Morgan fingerprint density at radius 2 is 1.71 bits per heavy atom. The van der Waals surface area contributed by atoms with Crippen LogP contribution >= 0.6 is 0 Å². The highest BCUT2D eigenvalue weighted by molar-refractivity contribution is 5.92. The maximum absolute atomic E-state index is 12.9. The first-order valence-corrected chi connectivity index (χ1v) is 12.1. The molecule has 2 saturated heterocycles. The molecule has 0 spiro atoms. The second-order valence-corrected chi connectivity index (χ2v) is 9.78. The highest BCUT2D eigenvalue weighted by atomic mass is 16.3. The Bertz CT molecular complexity index is 702. The van der Waals surface area contributed by atoms with E-state index in [-0.39, 0.29) is 17.9 Å². The first-order chi connectivity index (χ1) is 15.0. The number of β-amino-alcohol motifs (C(OH)–C–C–N with tert-alkyl or cyclic N) is 1. The van der Waals surface area contributed by atoms with E-state index >= 15 is 0 Å². The smallest absolute Gasteiger partial charge is 0.275 e. The van der Waals surface area contributed by atoms with E-state index < -0.39 is 0 Å². The molecule has 1 amide bonds. The summed E-state index contributed by atoms with van der Waals surface area (Å²) in [5, 5.41) is 10.1. The van der Waals surface area contributed by atoms with Gasteiger partial charge in [-0.3, -0.25) is 19.5 Å². The molecule has 8 nitrogen and oxygen atoms in total. The zero-order valence-electron chi connectivity index (χ0n) is 19.2. The lowest BCUT2D eigenvalue weighted by Gasteiger charge is -2.37. The van der Waals surface area contributed by atoms with Crippen molar-refractivity contribution in [2.75, 3.05) is 58.9 Å². The molecule has 0 bridgehead atoms. The summed E-state index contributed by atoms with van der Waals surface area (Å²) in [5.74, 6) is 0.893. The molecule has 2 aliphatic heterocycles. The first kappa shape index (κ1) is 22.7. The first-order valence-electron chi connectivity index (χ1n) is 12.1. The van der Waals surface area contributed by atoms with Gasteiger partial charge in [0.25, 0.3) is 5.91 Å². The highest BCUT2D eigenvalue weighted by Crippen LogP contribution is 2.24. The highest BCUT2D eigenvalue weighted by Gasteiger charge is 2.29. The fourth-order valence-corrected chi connectivity index (χ4v) is 5.00. The number of hydrogen-bond donors (Lipinski definition) is 1. The van der Waals surface area contributed by atoms with E-state index in [9.17, 15) is 9.90 Å². The topological polar surface area (TPSA) is 76.3 Å². The van der Waals surface area contributed by atoms with Gasteiger partial charge in [-0.1, -0.05) is 26.7 Å². The van der Waals surface area contributed by atoms with Crippen LogP contribution in [0.5, 0.6) is 0 Å². The molecule has 0 unspecified atom stereocenters. The summed E-state index contributed by atoms with van der Waals surface area (Å²) in [6, 6.07) is 0.727. The lowest BCUT2D eigenvalue weighted by Crippen LogP contribution is -2.51. The van der Waals surface area contributed by atoms with E-state index in [4.69, 9.17) is 4.42 Å². The molecule has 3 aliphatic rings. The third-order valence-corrected chi connectivity index (χ3v) is 7.25. The van der Waals surface area contributed by atoms with Crippen LogP contribution in [0.2, 0.25) is 0 Å². The summed E-state index contributed by atoms with van der Waals surface area (Å²) in [5.41, 5.74) is 0.433. The maximum Gasteiger partial charge on any atom is 0.275 e. The van der Waals surface area contributed by atoms with Gasteiger partial charge >= 0.3 is 0 Å². The molecule has 1 atom stereocenters. The number of nitrogens with zero attached hydrogens (tertiary/aromatic N) is 5. The molecule has 3 heterocycles. The van der Waals surface area contributed by atoms with Gasteiger partial charge < -0.3 is 14.4 Å². The van der Waals surface area contributed by atoms with Crippen LogP contribution in [-0.4, -0.2) is 107 Å².